The Morgan fingerprint density at radius 2 is 1.76 bits per heavy atom. The highest BCUT2D eigenvalue weighted by Crippen LogP contribution is 2.24. The molecule has 0 atom stereocenters. The lowest BCUT2D eigenvalue weighted by molar-refractivity contribution is 0.102. The van der Waals surface area contributed by atoms with E-state index < -0.39 is 21.7 Å². The number of benzene rings is 3. The van der Waals surface area contributed by atoms with E-state index in [0.717, 1.165) is 12.1 Å². The third-order valence-electron chi connectivity index (χ3n) is 4.71. The van der Waals surface area contributed by atoms with Crippen LogP contribution in [0, 0.1) is 12.7 Å². The Hall–Kier alpha value is -4.31. The van der Waals surface area contributed by atoms with Crippen LogP contribution in [0.2, 0.25) is 0 Å². The molecule has 2 N–H and O–H groups in total. The lowest BCUT2D eigenvalue weighted by Crippen LogP contribution is -2.17. The average Bonchev–Trinajstić information content (AvgIpc) is 2.81. The molecule has 0 aliphatic heterocycles. The van der Waals surface area contributed by atoms with Crippen molar-refractivity contribution in [3.05, 3.63) is 102 Å². The number of carbonyl (C=O) groups is 1. The summed E-state index contributed by atoms with van der Waals surface area (Å²) in [5.41, 5.74) is 1.42. The van der Waals surface area contributed by atoms with Crippen LogP contribution in [0.5, 0.6) is 11.6 Å². The number of rotatable bonds is 7. The third kappa shape index (κ3) is 5.54. The van der Waals surface area contributed by atoms with Crippen LogP contribution in [-0.2, 0) is 10.0 Å². The van der Waals surface area contributed by atoms with Crippen LogP contribution >= 0.6 is 0 Å². The fourth-order valence-electron chi connectivity index (χ4n) is 3.04. The molecule has 34 heavy (non-hydrogen) atoms. The molecule has 0 saturated heterocycles. The summed E-state index contributed by atoms with van der Waals surface area (Å²) in [5.74, 6) is -0.236. The summed E-state index contributed by atoms with van der Waals surface area (Å²) < 4.78 is 46.7. The predicted octanol–water partition coefficient (Wildman–Crippen LogP) is 4.77. The molecule has 0 aliphatic carbocycles. The van der Waals surface area contributed by atoms with Crippen LogP contribution in [0.1, 0.15) is 15.9 Å². The molecular weight excluding hydrogens is 459 g/mol. The van der Waals surface area contributed by atoms with Crippen LogP contribution in [0.15, 0.2) is 90.2 Å². The van der Waals surface area contributed by atoms with Crippen LogP contribution < -0.4 is 14.8 Å². The highest BCUT2D eigenvalue weighted by atomic mass is 32.2. The van der Waals surface area contributed by atoms with Gasteiger partial charge in [-0.15, -0.1) is 0 Å². The number of hydrogen-bond donors (Lipinski definition) is 2. The first-order valence-corrected chi connectivity index (χ1v) is 11.5. The van der Waals surface area contributed by atoms with Gasteiger partial charge in [-0.25, -0.2) is 17.8 Å². The maximum absolute atomic E-state index is 13.1. The van der Waals surface area contributed by atoms with E-state index in [4.69, 9.17) is 4.74 Å². The highest BCUT2D eigenvalue weighted by molar-refractivity contribution is 7.92. The van der Waals surface area contributed by atoms with Gasteiger partial charge in [0.15, 0.2) is 0 Å². The van der Waals surface area contributed by atoms with E-state index in [0.29, 0.717) is 22.9 Å². The van der Waals surface area contributed by atoms with Gasteiger partial charge in [0.05, 0.1) is 11.1 Å². The van der Waals surface area contributed by atoms with E-state index in [-0.39, 0.29) is 16.1 Å². The molecule has 0 fully saturated rings. The van der Waals surface area contributed by atoms with Crippen molar-refractivity contribution in [2.45, 2.75) is 11.8 Å². The van der Waals surface area contributed by atoms with Gasteiger partial charge in [-0.1, -0.05) is 12.1 Å². The van der Waals surface area contributed by atoms with Crippen molar-refractivity contribution in [2.75, 3.05) is 10.0 Å². The van der Waals surface area contributed by atoms with Gasteiger partial charge >= 0.3 is 0 Å². The summed E-state index contributed by atoms with van der Waals surface area (Å²) in [6.45, 7) is 1.70. The molecule has 0 unspecified atom stereocenters. The molecule has 1 amide bonds. The second-order valence-electron chi connectivity index (χ2n) is 7.22. The number of aryl methyl sites for hydroxylation is 1. The normalized spacial score (nSPS) is 11.0. The van der Waals surface area contributed by atoms with Crippen molar-refractivity contribution in [1.29, 1.82) is 0 Å². The number of halogens is 1. The van der Waals surface area contributed by atoms with E-state index in [9.17, 15) is 17.6 Å². The van der Waals surface area contributed by atoms with Crippen LogP contribution in [0.4, 0.5) is 15.8 Å². The number of ether oxygens (including phenoxy) is 1. The molecule has 10 heteroatoms. The standard InChI is InChI=1S/C24H19FN4O4S/c1-16-5-10-21(34(31,32)29-18-8-6-17(25)7-9-18)14-22(16)24(30)28-19-3-2-4-20(13-19)33-23-15-26-11-12-27-23/h2-15,29H,1H3,(H,28,30). The summed E-state index contributed by atoms with van der Waals surface area (Å²) in [7, 11) is -4.00. The second-order valence-corrected chi connectivity index (χ2v) is 8.90. The monoisotopic (exact) mass is 478 g/mol. The number of aromatic nitrogens is 2. The molecule has 1 heterocycles. The number of nitrogens with zero attached hydrogens (tertiary/aromatic N) is 2. The molecule has 8 nitrogen and oxygen atoms in total. The van der Waals surface area contributed by atoms with Gasteiger partial charge in [0, 0.05) is 35.4 Å². The van der Waals surface area contributed by atoms with Crippen molar-refractivity contribution in [3.8, 4) is 11.6 Å². The van der Waals surface area contributed by atoms with Gasteiger partial charge in [-0.3, -0.25) is 14.5 Å². The molecule has 0 aliphatic rings. The van der Waals surface area contributed by atoms with Gasteiger partial charge in [0.25, 0.3) is 15.9 Å². The summed E-state index contributed by atoms with van der Waals surface area (Å²) in [4.78, 5) is 20.8. The van der Waals surface area contributed by atoms with Crippen LogP contribution in [0.25, 0.3) is 0 Å². The fraction of sp³-hybridized carbons (Fsp3) is 0.0417. The summed E-state index contributed by atoms with van der Waals surface area (Å²) in [6, 6.07) is 15.8. The van der Waals surface area contributed by atoms with Gasteiger partial charge < -0.3 is 10.1 Å². The van der Waals surface area contributed by atoms with Gasteiger partial charge in [-0.05, 0) is 61.0 Å². The zero-order chi connectivity index (χ0) is 24.1. The molecule has 0 radical (unpaired) electrons. The largest absolute Gasteiger partial charge is 0.437 e. The van der Waals surface area contributed by atoms with Crippen LogP contribution in [-0.4, -0.2) is 24.3 Å². The molecule has 1 aromatic heterocycles. The first kappa shape index (κ1) is 22.9. The SMILES string of the molecule is Cc1ccc(S(=O)(=O)Nc2ccc(F)cc2)cc1C(=O)Nc1cccc(Oc2cnccn2)c1. The maximum atomic E-state index is 13.1. The average molecular weight is 479 g/mol. The number of nitrogens with one attached hydrogen (secondary N) is 2. The zero-order valence-electron chi connectivity index (χ0n) is 17.9. The Morgan fingerprint density at radius 1 is 0.971 bits per heavy atom. The quantitative estimate of drug-likeness (QED) is 0.396. The van der Waals surface area contributed by atoms with Crippen molar-refractivity contribution in [2.24, 2.45) is 0 Å². The van der Waals surface area contributed by atoms with Crippen molar-refractivity contribution in [1.82, 2.24) is 9.97 Å². The van der Waals surface area contributed by atoms with E-state index in [1.807, 2.05) is 0 Å². The minimum atomic E-state index is -4.00. The number of anilines is 2. The predicted molar refractivity (Wildman–Crippen MR) is 125 cm³/mol. The van der Waals surface area contributed by atoms with Crippen molar-refractivity contribution >= 4 is 27.3 Å². The smallest absolute Gasteiger partial charge is 0.261 e. The Balaban J connectivity index is 1.53. The van der Waals surface area contributed by atoms with Gasteiger partial charge in [-0.2, -0.15) is 0 Å². The number of carbonyl (C=O) groups excluding carboxylic acids is 1. The topological polar surface area (TPSA) is 110 Å². The molecule has 172 valence electrons. The van der Waals surface area contributed by atoms with E-state index in [1.165, 1.54) is 42.9 Å². The zero-order valence-corrected chi connectivity index (χ0v) is 18.7. The summed E-state index contributed by atoms with van der Waals surface area (Å²) in [6.07, 6.45) is 4.48. The Morgan fingerprint density at radius 3 is 2.50 bits per heavy atom. The van der Waals surface area contributed by atoms with Crippen LogP contribution in [0.3, 0.4) is 0 Å². The molecule has 0 spiro atoms. The van der Waals surface area contributed by atoms with E-state index in [2.05, 4.69) is 20.0 Å². The molecule has 3 aromatic carbocycles. The summed E-state index contributed by atoms with van der Waals surface area (Å²) >= 11 is 0. The minimum Gasteiger partial charge on any atom is -0.437 e. The van der Waals surface area contributed by atoms with E-state index >= 15 is 0 Å². The number of amides is 1. The third-order valence-corrected chi connectivity index (χ3v) is 6.09. The Kier molecular flexibility index (Phi) is 6.51. The first-order chi connectivity index (χ1) is 16.3. The van der Waals surface area contributed by atoms with E-state index in [1.54, 1.807) is 37.3 Å². The lowest BCUT2D eigenvalue weighted by atomic mass is 10.1. The molecular formula is C24H19FN4O4S. The van der Waals surface area contributed by atoms with Crippen molar-refractivity contribution in [3.63, 3.8) is 0 Å². The highest BCUT2D eigenvalue weighted by Gasteiger charge is 2.19. The molecule has 0 saturated carbocycles. The molecule has 4 rings (SSSR count). The Bertz CT molecular complexity index is 1430. The Labute approximate surface area is 195 Å². The number of sulfonamides is 1. The summed E-state index contributed by atoms with van der Waals surface area (Å²) in [5, 5.41) is 2.75. The minimum absolute atomic E-state index is 0.104. The molecule has 4 aromatic rings. The first-order valence-electron chi connectivity index (χ1n) is 10.0. The maximum Gasteiger partial charge on any atom is 0.261 e. The second kappa shape index (κ2) is 9.67. The van der Waals surface area contributed by atoms with Gasteiger partial charge in [0.2, 0.25) is 5.88 Å². The fourth-order valence-corrected chi connectivity index (χ4v) is 4.12. The number of hydrogen-bond acceptors (Lipinski definition) is 6. The molecule has 0 bridgehead atoms. The lowest BCUT2D eigenvalue weighted by Gasteiger charge is -2.12. The van der Waals surface area contributed by atoms with Gasteiger partial charge in [0.1, 0.15) is 11.6 Å². The van der Waals surface area contributed by atoms with Crippen molar-refractivity contribution < 1.29 is 22.3 Å².